The summed E-state index contributed by atoms with van der Waals surface area (Å²) in [5.41, 5.74) is 0.934. The van der Waals surface area contributed by atoms with Crippen LogP contribution < -0.4 is 0 Å². The fraction of sp³-hybridized carbons (Fsp3) is 1.00. The van der Waals surface area contributed by atoms with Crippen LogP contribution in [0.2, 0.25) is 0 Å². The van der Waals surface area contributed by atoms with Crippen LogP contribution in [0.5, 0.6) is 0 Å². The highest BCUT2D eigenvalue weighted by Crippen LogP contribution is 2.72. The highest BCUT2D eigenvalue weighted by molar-refractivity contribution is 5.12. The van der Waals surface area contributed by atoms with E-state index in [1.54, 1.807) is 32.1 Å². The fourth-order valence-corrected chi connectivity index (χ4v) is 4.03. The maximum Gasteiger partial charge on any atom is -0.0261 e. The van der Waals surface area contributed by atoms with Crippen LogP contribution in [0.25, 0.3) is 0 Å². The first-order valence-corrected chi connectivity index (χ1v) is 5.32. The van der Waals surface area contributed by atoms with Crippen LogP contribution in [0, 0.1) is 23.2 Å². The average molecular weight is 150 g/mol. The third-order valence-corrected chi connectivity index (χ3v) is 4.61. The van der Waals surface area contributed by atoms with Crippen LogP contribution in [0.4, 0.5) is 0 Å². The second-order valence-electron chi connectivity index (χ2n) is 5.28. The van der Waals surface area contributed by atoms with Crippen molar-refractivity contribution in [2.45, 2.75) is 45.4 Å². The SMILES string of the molecule is CCC1CC2CC3CC3(C1)C2. The van der Waals surface area contributed by atoms with Gasteiger partial charge in [-0.1, -0.05) is 13.3 Å². The first-order valence-electron chi connectivity index (χ1n) is 5.32. The van der Waals surface area contributed by atoms with E-state index in [-0.39, 0.29) is 0 Å². The molecule has 0 saturated heterocycles. The Balaban J connectivity index is 1.82. The van der Waals surface area contributed by atoms with E-state index in [1.165, 1.54) is 12.3 Å². The van der Waals surface area contributed by atoms with Crippen molar-refractivity contribution in [1.82, 2.24) is 0 Å². The molecule has 0 heteroatoms. The van der Waals surface area contributed by atoms with Crippen molar-refractivity contribution in [3.8, 4) is 0 Å². The number of fused-ring (bicyclic) bond motifs is 1. The molecule has 0 aliphatic heterocycles. The Kier molecular flexibility index (Phi) is 1.09. The molecule has 0 amide bonds. The molecule has 11 heavy (non-hydrogen) atoms. The molecule has 0 radical (unpaired) electrons. The minimum Gasteiger partial charge on any atom is -0.0651 e. The lowest BCUT2D eigenvalue weighted by Gasteiger charge is -2.30. The molecule has 62 valence electrons. The Morgan fingerprint density at radius 1 is 1.18 bits per heavy atom. The van der Waals surface area contributed by atoms with Gasteiger partial charge in [-0.25, -0.2) is 0 Å². The highest BCUT2D eigenvalue weighted by Gasteiger charge is 2.62. The molecule has 4 atom stereocenters. The molecule has 0 heterocycles. The smallest absolute Gasteiger partial charge is 0.0261 e. The summed E-state index contributed by atoms with van der Waals surface area (Å²) in [5.74, 6) is 3.47. The van der Waals surface area contributed by atoms with Crippen LogP contribution in [0.1, 0.15) is 45.4 Å². The molecule has 0 N–H and O–H groups in total. The summed E-state index contributed by atoms with van der Waals surface area (Å²) >= 11 is 0. The van der Waals surface area contributed by atoms with Crippen LogP contribution in [0.3, 0.4) is 0 Å². The summed E-state index contributed by atoms with van der Waals surface area (Å²) in [6.45, 7) is 2.38. The molecule has 0 nitrogen and oxygen atoms in total. The molecule has 0 aromatic rings. The van der Waals surface area contributed by atoms with E-state index in [1.807, 2.05) is 0 Å². The molecular weight excluding hydrogens is 132 g/mol. The summed E-state index contributed by atoms with van der Waals surface area (Å²) in [4.78, 5) is 0. The van der Waals surface area contributed by atoms with Crippen LogP contribution in [-0.2, 0) is 0 Å². The lowest BCUT2D eigenvalue weighted by Crippen LogP contribution is -2.18. The highest BCUT2D eigenvalue weighted by atomic mass is 14.7. The van der Waals surface area contributed by atoms with E-state index >= 15 is 0 Å². The quantitative estimate of drug-likeness (QED) is 0.538. The second-order valence-corrected chi connectivity index (χ2v) is 5.28. The number of hydrogen-bond donors (Lipinski definition) is 0. The normalized spacial score (nSPS) is 59.2. The van der Waals surface area contributed by atoms with E-state index in [0.717, 1.165) is 17.3 Å². The predicted molar refractivity (Wildman–Crippen MR) is 46.3 cm³/mol. The Labute approximate surface area is 69.4 Å². The molecule has 0 aromatic carbocycles. The Hall–Kier alpha value is 0. The molecule has 2 bridgehead atoms. The molecule has 4 unspecified atom stereocenters. The number of rotatable bonds is 1. The van der Waals surface area contributed by atoms with Gasteiger partial charge in [0, 0.05) is 0 Å². The minimum atomic E-state index is 0.934. The second kappa shape index (κ2) is 1.84. The summed E-state index contributed by atoms with van der Waals surface area (Å²) < 4.78 is 0. The van der Waals surface area contributed by atoms with Crippen molar-refractivity contribution in [3.05, 3.63) is 0 Å². The molecule has 3 aliphatic rings. The van der Waals surface area contributed by atoms with Crippen LogP contribution in [-0.4, -0.2) is 0 Å². The van der Waals surface area contributed by atoms with Crippen molar-refractivity contribution >= 4 is 0 Å². The molecule has 0 aromatic heterocycles. The lowest BCUT2D eigenvalue weighted by molar-refractivity contribution is 0.212. The average Bonchev–Trinajstić information content (AvgIpc) is 2.55. The Morgan fingerprint density at radius 3 is 2.82 bits per heavy atom. The van der Waals surface area contributed by atoms with Gasteiger partial charge in [0.25, 0.3) is 0 Å². The van der Waals surface area contributed by atoms with Crippen molar-refractivity contribution < 1.29 is 0 Å². The van der Waals surface area contributed by atoms with Gasteiger partial charge in [-0.05, 0) is 55.3 Å². The maximum absolute atomic E-state index is 2.38. The van der Waals surface area contributed by atoms with Gasteiger partial charge in [-0.3, -0.25) is 0 Å². The summed E-state index contributed by atoms with van der Waals surface area (Å²) in [5, 5.41) is 0. The largest absolute Gasteiger partial charge is 0.0651 e. The van der Waals surface area contributed by atoms with E-state index in [9.17, 15) is 0 Å². The van der Waals surface area contributed by atoms with Gasteiger partial charge >= 0.3 is 0 Å². The van der Waals surface area contributed by atoms with Gasteiger partial charge in [0.2, 0.25) is 0 Å². The standard InChI is InChI=1S/C11H18/c1-2-8-3-9-4-10-7-11(10,5-8)6-9/h8-10H,2-7H2,1H3. The number of hydrogen-bond acceptors (Lipinski definition) is 0. The van der Waals surface area contributed by atoms with Gasteiger partial charge < -0.3 is 0 Å². The van der Waals surface area contributed by atoms with E-state index < -0.39 is 0 Å². The van der Waals surface area contributed by atoms with E-state index in [2.05, 4.69) is 6.92 Å². The maximum atomic E-state index is 2.38. The molecule has 3 saturated carbocycles. The van der Waals surface area contributed by atoms with Crippen molar-refractivity contribution in [2.24, 2.45) is 23.2 Å². The lowest BCUT2D eigenvalue weighted by atomic mass is 9.76. The van der Waals surface area contributed by atoms with Crippen molar-refractivity contribution in [1.29, 1.82) is 0 Å². The third kappa shape index (κ3) is 0.761. The molecular formula is C11H18. The van der Waals surface area contributed by atoms with Crippen LogP contribution in [0.15, 0.2) is 0 Å². The van der Waals surface area contributed by atoms with Gasteiger partial charge in [0.05, 0.1) is 0 Å². The molecule has 1 spiro atoms. The fourth-order valence-electron chi connectivity index (χ4n) is 4.03. The van der Waals surface area contributed by atoms with Gasteiger partial charge in [-0.15, -0.1) is 0 Å². The van der Waals surface area contributed by atoms with E-state index in [4.69, 9.17) is 0 Å². The topological polar surface area (TPSA) is 0 Å². The third-order valence-electron chi connectivity index (χ3n) is 4.61. The van der Waals surface area contributed by atoms with Gasteiger partial charge in [0.1, 0.15) is 0 Å². The molecule has 3 rings (SSSR count). The molecule has 3 fully saturated rings. The summed E-state index contributed by atoms with van der Waals surface area (Å²) in [6.07, 6.45) is 9.47. The Morgan fingerprint density at radius 2 is 2.09 bits per heavy atom. The summed E-state index contributed by atoms with van der Waals surface area (Å²) in [7, 11) is 0. The van der Waals surface area contributed by atoms with E-state index in [0.29, 0.717) is 0 Å². The van der Waals surface area contributed by atoms with Crippen LogP contribution >= 0.6 is 0 Å². The monoisotopic (exact) mass is 150 g/mol. The Bertz CT molecular complexity index is 184. The zero-order valence-corrected chi connectivity index (χ0v) is 7.47. The van der Waals surface area contributed by atoms with Crippen molar-refractivity contribution in [3.63, 3.8) is 0 Å². The summed E-state index contributed by atoms with van der Waals surface area (Å²) in [6, 6.07) is 0. The van der Waals surface area contributed by atoms with Gasteiger partial charge in [-0.2, -0.15) is 0 Å². The zero-order chi connectivity index (χ0) is 7.47. The van der Waals surface area contributed by atoms with Gasteiger partial charge in [0.15, 0.2) is 0 Å². The predicted octanol–water partition coefficient (Wildman–Crippen LogP) is 3.22. The molecule has 3 aliphatic carbocycles. The first kappa shape index (κ1) is 6.51. The zero-order valence-electron chi connectivity index (χ0n) is 7.47. The minimum absolute atomic E-state index is 0.934. The first-order chi connectivity index (χ1) is 5.32. The van der Waals surface area contributed by atoms with Crippen molar-refractivity contribution in [2.75, 3.05) is 0 Å².